The first-order valence-corrected chi connectivity index (χ1v) is 5.26. The number of aryl methyl sites for hydroxylation is 1. The van der Waals surface area contributed by atoms with E-state index in [4.69, 9.17) is 5.73 Å². The van der Waals surface area contributed by atoms with Crippen molar-refractivity contribution >= 4 is 0 Å². The largest absolute Gasteiger partial charge is 0.391 e. The zero-order valence-electron chi connectivity index (χ0n) is 9.20. The van der Waals surface area contributed by atoms with Crippen molar-refractivity contribution in [3.63, 3.8) is 0 Å². The molecule has 0 bridgehead atoms. The Bertz CT molecular complexity index is 327. The highest BCUT2D eigenvalue weighted by Crippen LogP contribution is 2.21. The Kier molecular flexibility index (Phi) is 4.24. The van der Waals surface area contributed by atoms with E-state index in [1.807, 2.05) is 13.8 Å². The zero-order chi connectivity index (χ0) is 11.4. The van der Waals surface area contributed by atoms with Gasteiger partial charge in [-0.05, 0) is 19.4 Å². The number of aliphatic hydroxyl groups excluding tert-OH is 1. The number of hydrogen-bond acceptors (Lipinski definition) is 2. The number of nitrogens with two attached hydrogens (primary N) is 1. The second-order valence-corrected chi connectivity index (χ2v) is 3.91. The van der Waals surface area contributed by atoms with Gasteiger partial charge < -0.3 is 10.8 Å². The van der Waals surface area contributed by atoms with E-state index in [1.54, 1.807) is 12.1 Å². The van der Waals surface area contributed by atoms with Crippen LogP contribution in [0.4, 0.5) is 4.39 Å². The van der Waals surface area contributed by atoms with E-state index >= 15 is 0 Å². The van der Waals surface area contributed by atoms with Gasteiger partial charge in [0.1, 0.15) is 5.82 Å². The monoisotopic (exact) mass is 211 g/mol. The van der Waals surface area contributed by atoms with Crippen molar-refractivity contribution in [3.05, 3.63) is 35.1 Å². The van der Waals surface area contributed by atoms with Gasteiger partial charge in [0, 0.05) is 5.56 Å². The van der Waals surface area contributed by atoms with Gasteiger partial charge in [0.25, 0.3) is 0 Å². The van der Waals surface area contributed by atoms with E-state index in [2.05, 4.69) is 0 Å². The van der Waals surface area contributed by atoms with Crippen LogP contribution < -0.4 is 5.73 Å². The predicted molar refractivity (Wildman–Crippen MR) is 59.0 cm³/mol. The summed E-state index contributed by atoms with van der Waals surface area (Å²) in [5.74, 6) is -0.344. The molecule has 1 aromatic rings. The van der Waals surface area contributed by atoms with Gasteiger partial charge in [-0.25, -0.2) is 4.39 Å². The van der Waals surface area contributed by atoms with Crippen LogP contribution in [-0.2, 0) is 0 Å². The third-order valence-electron chi connectivity index (χ3n) is 2.51. The molecule has 0 fully saturated rings. The van der Waals surface area contributed by atoms with Crippen LogP contribution in [0, 0.1) is 12.7 Å². The Hall–Kier alpha value is -0.930. The number of halogens is 1. The van der Waals surface area contributed by atoms with Gasteiger partial charge in [-0.1, -0.05) is 31.0 Å². The molecule has 84 valence electrons. The molecule has 0 aromatic heterocycles. The molecule has 0 radical (unpaired) electrons. The molecule has 3 heteroatoms. The fraction of sp³-hybridized carbons (Fsp3) is 0.500. The summed E-state index contributed by atoms with van der Waals surface area (Å²) in [5, 5.41) is 9.69. The lowest BCUT2D eigenvalue weighted by atomic mass is 9.97. The molecule has 15 heavy (non-hydrogen) atoms. The second-order valence-electron chi connectivity index (χ2n) is 3.91. The van der Waals surface area contributed by atoms with Crippen molar-refractivity contribution in [3.8, 4) is 0 Å². The molecule has 0 aliphatic heterocycles. The summed E-state index contributed by atoms with van der Waals surface area (Å²) in [6.45, 7) is 3.84. The molecule has 2 nitrogen and oxygen atoms in total. The van der Waals surface area contributed by atoms with Crippen molar-refractivity contribution in [2.45, 2.75) is 38.8 Å². The molecule has 2 atom stereocenters. The van der Waals surface area contributed by atoms with Gasteiger partial charge in [0.2, 0.25) is 0 Å². The first-order valence-electron chi connectivity index (χ1n) is 5.26. The molecule has 0 amide bonds. The summed E-state index contributed by atoms with van der Waals surface area (Å²) >= 11 is 0. The lowest BCUT2D eigenvalue weighted by Gasteiger charge is -2.19. The van der Waals surface area contributed by atoms with E-state index in [9.17, 15) is 9.50 Å². The molecular formula is C12H18FNO. The lowest BCUT2D eigenvalue weighted by molar-refractivity contribution is 0.133. The van der Waals surface area contributed by atoms with E-state index in [1.165, 1.54) is 6.07 Å². The molecule has 1 aromatic carbocycles. The topological polar surface area (TPSA) is 46.2 Å². The molecule has 0 heterocycles. The Labute approximate surface area is 89.9 Å². The maximum atomic E-state index is 13.4. The molecule has 1 rings (SSSR count). The quantitative estimate of drug-likeness (QED) is 0.802. The highest BCUT2D eigenvalue weighted by Gasteiger charge is 2.19. The van der Waals surface area contributed by atoms with Crippen molar-refractivity contribution in [2.75, 3.05) is 0 Å². The average molecular weight is 211 g/mol. The third-order valence-corrected chi connectivity index (χ3v) is 2.51. The predicted octanol–water partition coefficient (Wildman–Crippen LogP) is 2.29. The van der Waals surface area contributed by atoms with Gasteiger partial charge in [-0.2, -0.15) is 0 Å². The van der Waals surface area contributed by atoms with E-state index in [-0.39, 0.29) is 5.82 Å². The van der Waals surface area contributed by atoms with Gasteiger partial charge in [-0.3, -0.25) is 0 Å². The van der Waals surface area contributed by atoms with Gasteiger partial charge >= 0.3 is 0 Å². The molecule has 0 spiro atoms. The van der Waals surface area contributed by atoms with E-state index in [0.717, 1.165) is 12.0 Å². The molecule has 0 aliphatic carbocycles. The maximum absolute atomic E-state index is 13.4. The second kappa shape index (κ2) is 5.24. The number of hydrogen-bond donors (Lipinski definition) is 2. The summed E-state index contributed by atoms with van der Waals surface area (Å²) in [6, 6.07) is 4.14. The highest BCUT2D eigenvalue weighted by atomic mass is 19.1. The fourth-order valence-corrected chi connectivity index (χ4v) is 1.60. The molecular weight excluding hydrogens is 193 g/mol. The Morgan fingerprint density at radius 3 is 2.73 bits per heavy atom. The lowest BCUT2D eigenvalue weighted by Crippen LogP contribution is -2.27. The number of aliphatic hydroxyl groups is 1. The summed E-state index contributed by atoms with van der Waals surface area (Å²) in [7, 11) is 0. The zero-order valence-corrected chi connectivity index (χ0v) is 9.20. The van der Waals surface area contributed by atoms with Crippen molar-refractivity contribution in [1.82, 2.24) is 0 Å². The molecule has 0 aliphatic rings. The van der Waals surface area contributed by atoms with Gasteiger partial charge in [0.05, 0.1) is 12.1 Å². The highest BCUT2D eigenvalue weighted by molar-refractivity contribution is 5.27. The van der Waals surface area contributed by atoms with Crippen LogP contribution in [0.2, 0.25) is 0 Å². The Balaban J connectivity index is 2.89. The molecule has 3 N–H and O–H groups in total. The SMILES string of the molecule is CCC[C@H](O)[C@H](N)c1cc(C)ccc1F. The molecule has 0 saturated heterocycles. The smallest absolute Gasteiger partial charge is 0.128 e. The molecule has 0 saturated carbocycles. The maximum Gasteiger partial charge on any atom is 0.128 e. The normalized spacial score (nSPS) is 15.0. The number of rotatable bonds is 4. The Morgan fingerprint density at radius 2 is 2.13 bits per heavy atom. The van der Waals surface area contributed by atoms with Gasteiger partial charge in [-0.15, -0.1) is 0 Å². The van der Waals surface area contributed by atoms with Crippen LogP contribution in [-0.4, -0.2) is 11.2 Å². The van der Waals surface area contributed by atoms with E-state index < -0.39 is 12.1 Å². The summed E-state index contributed by atoms with van der Waals surface area (Å²) < 4.78 is 13.4. The van der Waals surface area contributed by atoms with Crippen LogP contribution in [0.3, 0.4) is 0 Å². The van der Waals surface area contributed by atoms with Crippen LogP contribution >= 0.6 is 0 Å². The van der Waals surface area contributed by atoms with Crippen LogP contribution in [0.5, 0.6) is 0 Å². The summed E-state index contributed by atoms with van der Waals surface area (Å²) in [6.07, 6.45) is 0.753. The summed E-state index contributed by atoms with van der Waals surface area (Å²) in [5.41, 5.74) is 7.15. The first kappa shape index (κ1) is 12.1. The Morgan fingerprint density at radius 1 is 1.47 bits per heavy atom. The minimum Gasteiger partial charge on any atom is -0.391 e. The molecule has 0 unspecified atom stereocenters. The van der Waals surface area contributed by atoms with Crippen molar-refractivity contribution in [1.29, 1.82) is 0 Å². The van der Waals surface area contributed by atoms with Crippen LogP contribution in [0.25, 0.3) is 0 Å². The third kappa shape index (κ3) is 3.01. The average Bonchev–Trinajstić information content (AvgIpc) is 2.21. The van der Waals surface area contributed by atoms with Crippen LogP contribution in [0.1, 0.15) is 36.9 Å². The minimum atomic E-state index is -0.675. The number of benzene rings is 1. The van der Waals surface area contributed by atoms with Gasteiger partial charge in [0.15, 0.2) is 0 Å². The minimum absolute atomic E-state index is 0.344. The van der Waals surface area contributed by atoms with E-state index in [0.29, 0.717) is 12.0 Å². The van der Waals surface area contributed by atoms with Crippen LogP contribution in [0.15, 0.2) is 18.2 Å². The first-order chi connectivity index (χ1) is 7.06. The van der Waals surface area contributed by atoms with Crippen molar-refractivity contribution < 1.29 is 9.50 Å². The standard InChI is InChI=1S/C12H18FNO/c1-3-4-11(15)12(14)9-7-8(2)5-6-10(9)13/h5-7,11-12,15H,3-4,14H2,1-2H3/t11-,12+/m0/s1. The summed E-state index contributed by atoms with van der Waals surface area (Å²) in [4.78, 5) is 0. The van der Waals surface area contributed by atoms with Crippen molar-refractivity contribution in [2.24, 2.45) is 5.73 Å². The fourth-order valence-electron chi connectivity index (χ4n) is 1.60.